The monoisotopic (exact) mass is 415 g/mol. The van der Waals surface area contributed by atoms with Gasteiger partial charge in [-0.3, -0.25) is 9.78 Å². The van der Waals surface area contributed by atoms with Crippen LogP contribution in [0.25, 0.3) is 11.3 Å². The molecular weight excluding hydrogens is 386 g/mol. The van der Waals surface area contributed by atoms with Crippen LogP contribution in [0.1, 0.15) is 38.2 Å². The number of benzene rings is 1. The fraction of sp³-hybridized carbons (Fsp3) is 0.360. The number of nitrogens with one attached hydrogen (secondary N) is 1. The van der Waals surface area contributed by atoms with Gasteiger partial charge >= 0.3 is 0 Å². The first-order chi connectivity index (χ1) is 15.2. The number of hydrogen-bond donors (Lipinski definition) is 1. The number of nitrogens with zero attached hydrogens (tertiary/aromatic N) is 4. The van der Waals surface area contributed by atoms with E-state index in [0.717, 1.165) is 55.1 Å². The number of carbonyl (C=O) groups excluding carboxylic acids is 1. The fourth-order valence-electron chi connectivity index (χ4n) is 3.92. The lowest BCUT2D eigenvalue weighted by molar-refractivity contribution is -0.120. The highest BCUT2D eigenvalue weighted by molar-refractivity contribution is 5.92. The highest BCUT2D eigenvalue weighted by Gasteiger charge is 2.26. The van der Waals surface area contributed by atoms with Gasteiger partial charge in [0.05, 0.1) is 5.69 Å². The molecule has 0 spiro atoms. The fourth-order valence-corrected chi connectivity index (χ4v) is 3.92. The summed E-state index contributed by atoms with van der Waals surface area (Å²) < 4.78 is 0. The van der Waals surface area contributed by atoms with Gasteiger partial charge in [0.15, 0.2) is 5.82 Å². The predicted molar refractivity (Wildman–Crippen MR) is 124 cm³/mol. The summed E-state index contributed by atoms with van der Waals surface area (Å²) in [7, 11) is 0. The molecule has 0 bridgehead atoms. The van der Waals surface area contributed by atoms with Gasteiger partial charge in [0, 0.05) is 42.7 Å². The van der Waals surface area contributed by atoms with Gasteiger partial charge in [-0.25, -0.2) is 0 Å². The summed E-state index contributed by atoms with van der Waals surface area (Å²) >= 11 is 0. The Morgan fingerprint density at radius 3 is 2.39 bits per heavy atom. The molecule has 1 fully saturated rings. The third-order valence-electron chi connectivity index (χ3n) is 5.86. The number of unbranched alkanes of at least 4 members (excludes halogenated alkanes) is 1. The molecule has 160 valence electrons. The average molecular weight is 416 g/mol. The molecule has 3 heterocycles. The number of aryl methyl sites for hydroxylation is 1. The summed E-state index contributed by atoms with van der Waals surface area (Å²) in [6.07, 6.45) is 8.61. The van der Waals surface area contributed by atoms with Crippen LogP contribution in [0.5, 0.6) is 0 Å². The Labute approximate surface area is 183 Å². The summed E-state index contributed by atoms with van der Waals surface area (Å²) in [6, 6.07) is 16.1. The molecule has 0 saturated carbocycles. The number of anilines is 2. The van der Waals surface area contributed by atoms with Crippen LogP contribution in [-0.2, 0) is 11.2 Å². The Balaban J connectivity index is 1.28. The number of amides is 1. The van der Waals surface area contributed by atoms with Crippen LogP contribution in [0.4, 0.5) is 11.5 Å². The molecule has 4 rings (SSSR count). The zero-order valence-electron chi connectivity index (χ0n) is 18.0. The normalized spacial score (nSPS) is 14.4. The molecule has 0 radical (unpaired) electrons. The van der Waals surface area contributed by atoms with E-state index >= 15 is 0 Å². The van der Waals surface area contributed by atoms with Gasteiger partial charge in [-0.2, -0.15) is 0 Å². The Morgan fingerprint density at radius 2 is 1.74 bits per heavy atom. The van der Waals surface area contributed by atoms with Gasteiger partial charge in [0.2, 0.25) is 5.91 Å². The lowest BCUT2D eigenvalue weighted by Gasteiger charge is -2.31. The van der Waals surface area contributed by atoms with E-state index in [9.17, 15) is 4.79 Å². The molecule has 0 unspecified atom stereocenters. The van der Waals surface area contributed by atoms with E-state index in [1.807, 2.05) is 36.4 Å². The maximum atomic E-state index is 12.7. The number of aromatic nitrogens is 3. The molecule has 1 aliphatic rings. The van der Waals surface area contributed by atoms with Crippen molar-refractivity contribution in [1.82, 2.24) is 15.2 Å². The molecule has 1 amide bonds. The van der Waals surface area contributed by atoms with Crippen molar-refractivity contribution in [2.75, 3.05) is 23.3 Å². The maximum Gasteiger partial charge on any atom is 0.227 e. The second-order valence-corrected chi connectivity index (χ2v) is 8.06. The standard InChI is InChI=1S/C25H29N5O/c1-2-3-4-19-5-7-22(8-6-19)27-25(31)21-13-17-30(18-14-21)24-10-9-23(28-29-24)20-11-15-26-16-12-20/h5-12,15-16,21H,2-4,13-14,17-18H2,1H3,(H,27,31). The van der Waals surface area contributed by atoms with E-state index < -0.39 is 0 Å². The molecule has 0 aliphatic carbocycles. The summed E-state index contributed by atoms with van der Waals surface area (Å²) in [5, 5.41) is 11.8. The highest BCUT2D eigenvalue weighted by atomic mass is 16.1. The molecular formula is C25H29N5O. The van der Waals surface area contributed by atoms with Crippen LogP contribution in [0.2, 0.25) is 0 Å². The van der Waals surface area contributed by atoms with Crippen LogP contribution in [0.15, 0.2) is 60.9 Å². The first-order valence-corrected chi connectivity index (χ1v) is 11.1. The van der Waals surface area contributed by atoms with E-state index in [4.69, 9.17) is 0 Å². The minimum atomic E-state index is 0.0278. The van der Waals surface area contributed by atoms with Crippen LogP contribution in [-0.4, -0.2) is 34.2 Å². The average Bonchev–Trinajstić information content (AvgIpc) is 2.84. The van der Waals surface area contributed by atoms with E-state index in [1.54, 1.807) is 12.4 Å². The largest absolute Gasteiger partial charge is 0.355 e. The van der Waals surface area contributed by atoms with Gasteiger partial charge in [0.25, 0.3) is 0 Å². The third-order valence-corrected chi connectivity index (χ3v) is 5.86. The Kier molecular flexibility index (Phi) is 6.87. The Morgan fingerprint density at radius 1 is 1.00 bits per heavy atom. The van der Waals surface area contributed by atoms with Gasteiger partial charge in [0.1, 0.15) is 0 Å². The summed E-state index contributed by atoms with van der Waals surface area (Å²) in [4.78, 5) is 18.9. The summed E-state index contributed by atoms with van der Waals surface area (Å²) in [5.41, 5.74) is 4.04. The minimum absolute atomic E-state index is 0.0278. The van der Waals surface area contributed by atoms with Crippen molar-refractivity contribution in [3.8, 4) is 11.3 Å². The molecule has 6 nitrogen and oxygen atoms in total. The summed E-state index contributed by atoms with van der Waals surface area (Å²) in [6.45, 7) is 3.80. The minimum Gasteiger partial charge on any atom is -0.355 e. The van der Waals surface area contributed by atoms with Gasteiger partial charge in [-0.15, -0.1) is 10.2 Å². The zero-order chi connectivity index (χ0) is 21.5. The molecule has 1 aliphatic heterocycles. The van der Waals surface area contributed by atoms with Crippen LogP contribution < -0.4 is 10.2 Å². The first kappa shape index (κ1) is 21.0. The van der Waals surface area contributed by atoms with Gasteiger partial charge < -0.3 is 10.2 Å². The number of piperidine rings is 1. The third kappa shape index (κ3) is 5.45. The SMILES string of the molecule is CCCCc1ccc(NC(=O)C2CCN(c3ccc(-c4ccncc4)nn3)CC2)cc1. The van der Waals surface area contributed by atoms with Crippen molar-refractivity contribution >= 4 is 17.4 Å². The quantitative estimate of drug-likeness (QED) is 0.604. The second-order valence-electron chi connectivity index (χ2n) is 8.06. The van der Waals surface area contributed by atoms with Crippen LogP contribution >= 0.6 is 0 Å². The lowest BCUT2D eigenvalue weighted by Crippen LogP contribution is -2.38. The molecule has 1 aromatic carbocycles. The number of rotatable bonds is 7. The van der Waals surface area contributed by atoms with Gasteiger partial charge in [-0.1, -0.05) is 25.5 Å². The topological polar surface area (TPSA) is 71.0 Å². The molecule has 1 N–H and O–H groups in total. The smallest absolute Gasteiger partial charge is 0.227 e. The second kappa shape index (κ2) is 10.2. The van der Waals surface area contributed by atoms with Crippen molar-refractivity contribution in [3.63, 3.8) is 0 Å². The van der Waals surface area contributed by atoms with E-state index in [1.165, 1.54) is 18.4 Å². The lowest BCUT2D eigenvalue weighted by atomic mass is 9.95. The highest BCUT2D eigenvalue weighted by Crippen LogP contribution is 2.24. The van der Waals surface area contributed by atoms with Crippen molar-refractivity contribution in [1.29, 1.82) is 0 Å². The van der Waals surface area contributed by atoms with Crippen molar-refractivity contribution in [2.45, 2.75) is 39.0 Å². The Bertz CT molecular complexity index is 965. The maximum absolute atomic E-state index is 12.7. The molecule has 6 heteroatoms. The molecule has 1 saturated heterocycles. The number of hydrogen-bond acceptors (Lipinski definition) is 5. The van der Waals surface area contributed by atoms with Crippen LogP contribution in [0.3, 0.4) is 0 Å². The van der Waals surface area contributed by atoms with Gasteiger partial charge in [-0.05, 0) is 67.6 Å². The predicted octanol–water partition coefficient (Wildman–Crippen LogP) is 4.74. The van der Waals surface area contributed by atoms with Crippen molar-refractivity contribution in [2.24, 2.45) is 5.92 Å². The van der Waals surface area contributed by atoms with Crippen molar-refractivity contribution in [3.05, 3.63) is 66.5 Å². The Hall–Kier alpha value is -3.28. The zero-order valence-corrected chi connectivity index (χ0v) is 18.0. The van der Waals surface area contributed by atoms with E-state index in [0.29, 0.717) is 0 Å². The summed E-state index contributed by atoms with van der Waals surface area (Å²) in [5.74, 6) is 1.000. The number of carbonyl (C=O) groups is 1. The van der Waals surface area contributed by atoms with E-state index in [2.05, 4.69) is 44.5 Å². The molecule has 2 aromatic heterocycles. The number of pyridine rings is 1. The molecule has 0 atom stereocenters. The molecule has 31 heavy (non-hydrogen) atoms. The molecule has 3 aromatic rings. The first-order valence-electron chi connectivity index (χ1n) is 11.1. The van der Waals surface area contributed by atoms with Crippen molar-refractivity contribution < 1.29 is 4.79 Å². The van der Waals surface area contributed by atoms with Crippen LogP contribution in [0, 0.1) is 5.92 Å². The van der Waals surface area contributed by atoms with E-state index in [-0.39, 0.29) is 11.8 Å².